The summed E-state index contributed by atoms with van der Waals surface area (Å²) in [5.41, 5.74) is 3.18. The molecule has 0 radical (unpaired) electrons. The molecule has 122 valence electrons. The van der Waals surface area contributed by atoms with E-state index in [2.05, 4.69) is 41.6 Å². The van der Waals surface area contributed by atoms with Crippen molar-refractivity contribution in [2.24, 2.45) is 5.41 Å². The van der Waals surface area contributed by atoms with Crippen LogP contribution in [0, 0.1) is 12.3 Å². The smallest absolute Gasteiger partial charge is 0.0575 e. The van der Waals surface area contributed by atoms with Crippen molar-refractivity contribution in [3.05, 3.63) is 29.6 Å². The topological polar surface area (TPSA) is 37.0 Å². The number of hydrogen-bond acceptors (Lipinski definition) is 3. The van der Waals surface area contributed by atoms with Crippen molar-refractivity contribution in [3.63, 3.8) is 0 Å². The number of nitrogens with one attached hydrogen (secondary N) is 2. The van der Waals surface area contributed by atoms with Crippen molar-refractivity contribution in [1.82, 2.24) is 15.6 Å². The van der Waals surface area contributed by atoms with Gasteiger partial charge in [0.1, 0.15) is 0 Å². The quantitative estimate of drug-likeness (QED) is 0.889. The van der Waals surface area contributed by atoms with Gasteiger partial charge in [0, 0.05) is 18.3 Å². The molecule has 2 aliphatic rings. The molecule has 1 saturated heterocycles. The summed E-state index contributed by atoms with van der Waals surface area (Å²) in [6, 6.07) is 5.40. The molecule has 0 aromatic carbocycles. The van der Waals surface area contributed by atoms with Crippen LogP contribution in [0.25, 0.3) is 0 Å². The highest BCUT2D eigenvalue weighted by Gasteiger charge is 2.36. The summed E-state index contributed by atoms with van der Waals surface area (Å²) in [6.07, 6.45) is 11.3. The zero-order chi connectivity index (χ0) is 15.4. The standard InChI is InChI=1S/C19H31N3/c1-3-17(18-14-15(2)6-11-21-18)22-16-4-7-19(8-5-16)9-12-20-13-10-19/h6,11,14,16-17,20,22H,3-5,7-10,12-13H2,1-2H3. The van der Waals surface area contributed by atoms with Crippen molar-refractivity contribution >= 4 is 0 Å². The average molecular weight is 301 g/mol. The van der Waals surface area contributed by atoms with Gasteiger partial charge in [-0.05, 0) is 88.1 Å². The Morgan fingerprint density at radius 3 is 2.64 bits per heavy atom. The van der Waals surface area contributed by atoms with Gasteiger partial charge in [0.15, 0.2) is 0 Å². The molecular weight excluding hydrogens is 270 g/mol. The lowest BCUT2D eigenvalue weighted by atomic mass is 9.67. The zero-order valence-electron chi connectivity index (χ0n) is 14.2. The van der Waals surface area contributed by atoms with Crippen molar-refractivity contribution in [2.45, 2.75) is 70.9 Å². The molecule has 1 aromatic heterocycles. The van der Waals surface area contributed by atoms with E-state index in [0.29, 0.717) is 17.5 Å². The van der Waals surface area contributed by atoms with E-state index in [1.54, 1.807) is 0 Å². The number of hydrogen-bond donors (Lipinski definition) is 2. The lowest BCUT2D eigenvalue weighted by molar-refractivity contribution is 0.112. The Bertz CT molecular complexity index is 469. The van der Waals surface area contributed by atoms with Gasteiger partial charge < -0.3 is 10.6 Å². The minimum absolute atomic E-state index is 0.409. The van der Waals surface area contributed by atoms with Crippen LogP contribution in [0.5, 0.6) is 0 Å². The normalized spacial score (nSPS) is 23.5. The predicted molar refractivity (Wildman–Crippen MR) is 91.9 cm³/mol. The first-order valence-electron chi connectivity index (χ1n) is 9.10. The number of rotatable bonds is 4. The van der Waals surface area contributed by atoms with Crippen LogP contribution in [0.4, 0.5) is 0 Å². The number of nitrogens with zero attached hydrogens (tertiary/aromatic N) is 1. The second-order valence-electron chi connectivity index (χ2n) is 7.41. The maximum atomic E-state index is 4.59. The second kappa shape index (κ2) is 7.10. The molecule has 2 heterocycles. The summed E-state index contributed by atoms with van der Waals surface area (Å²) in [6.45, 7) is 6.87. The maximum Gasteiger partial charge on any atom is 0.0575 e. The molecule has 0 amide bonds. The van der Waals surface area contributed by atoms with Crippen LogP contribution < -0.4 is 10.6 Å². The largest absolute Gasteiger partial charge is 0.317 e. The van der Waals surface area contributed by atoms with E-state index in [1.807, 2.05) is 6.20 Å². The first-order chi connectivity index (χ1) is 10.7. The number of pyridine rings is 1. The Morgan fingerprint density at radius 2 is 2.00 bits per heavy atom. The Labute approximate surface area is 135 Å². The summed E-state index contributed by atoms with van der Waals surface area (Å²) >= 11 is 0. The van der Waals surface area contributed by atoms with E-state index >= 15 is 0 Å². The lowest BCUT2D eigenvalue weighted by Crippen LogP contribution is -2.43. The second-order valence-corrected chi connectivity index (χ2v) is 7.41. The zero-order valence-corrected chi connectivity index (χ0v) is 14.2. The van der Waals surface area contributed by atoms with E-state index in [-0.39, 0.29) is 0 Å². The van der Waals surface area contributed by atoms with Gasteiger partial charge in [-0.2, -0.15) is 0 Å². The molecule has 1 atom stereocenters. The number of aromatic nitrogens is 1. The molecule has 1 aromatic rings. The Hall–Kier alpha value is -0.930. The first kappa shape index (κ1) is 15.9. The van der Waals surface area contributed by atoms with E-state index in [1.165, 1.54) is 62.9 Å². The van der Waals surface area contributed by atoms with Crippen molar-refractivity contribution in [1.29, 1.82) is 0 Å². The highest BCUT2D eigenvalue weighted by atomic mass is 15.0. The fourth-order valence-electron chi connectivity index (χ4n) is 4.30. The fraction of sp³-hybridized carbons (Fsp3) is 0.737. The lowest BCUT2D eigenvalue weighted by Gasteiger charge is -2.44. The van der Waals surface area contributed by atoms with Crippen LogP contribution in [0.3, 0.4) is 0 Å². The van der Waals surface area contributed by atoms with Gasteiger partial charge in [-0.1, -0.05) is 6.92 Å². The third-order valence-corrected chi connectivity index (χ3v) is 5.85. The van der Waals surface area contributed by atoms with Crippen molar-refractivity contribution in [2.75, 3.05) is 13.1 Å². The molecule has 3 heteroatoms. The molecule has 1 aliphatic carbocycles. The van der Waals surface area contributed by atoms with Crippen LogP contribution in [0.2, 0.25) is 0 Å². The SMILES string of the molecule is CCC(NC1CCC2(CCNCC2)CC1)c1cc(C)ccn1. The van der Waals surface area contributed by atoms with E-state index in [0.717, 1.165) is 6.42 Å². The van der Waals surface area contributed by atoms with E-state index in [9.17, 15) is 0 Å². The average Bonchev–Trinajstić information content (AvgIpc) is 2.55. The van der Waals surface area contributed by atoms with Crippen LogP contribution in [-0.2, 0) is 0 Å². The fourth-order valence-corrected chi connectivity index (χ4v) is 4.30. The summed E-state index contributed by atoms with van der Waals surface area (Å²) in [5.74, 6) is 0. The van der Waals surface area contributed by atoms with Gasteiger partial charge in [-0.15, -0.1) is 0 Å². The number of piperidine rings is 1. The molecule has 1 saturated carbocycles. The summed E-state index contributed by atoms with van der Waals surface area (Å²) < 4.78 is 0. The van der Waals surface area contributed by atoms with E-state index < -0.39 is 0 Å². The molecule has 2 N–H and O–H groups in total. The highest BCUT2D eigenvalue weighted by Crippen LogP contribution is 2.43. The summed E-state index contributed by atoms with van der Waals surface area (Å²) in [7, 11) is 0. The highest BCUT2D eigenvalue weighted by molar-refractivity contribution is 5.17. The molecule has 3 nitrogen and oxygen atoms in total. The van der Waals surface area contributed by atoms with Gasteiger partial charge in [-0.25, -0.2) is 0 Å². The minimum Gasteiger partial charge on any atom is -0.317 e. The van der Waals surface area contributed by atoms with Gasteiger partial charge in [0.05, 0.1) is 5.69 Å². The van der Waals surface area contributed by atoms with Gasteiger partial charge in [0.2, 0.25) is 0 Å². The van der Waals surface area contributed by atoms with Gasteiger partial charge in [-0.3, -0.25) is 4.98 Å². The number of aryl methyl sites for hydroxylation is 1. The van der Waals surface area contributed by atoms with Gasteiger partial charge >= 0.3 is 0 Å². The van der Waals surface area contributed by atoms with Crippen LogP contribution in [-0.4, -0.2) is 24.1 Å². The third-order valence-electron chi connectivity index (χ3n) is 5.85. The molecule has 1 unspecified atom stereocenters. The van der Waals surface area contributed by atoms with Crippen LogP contribution in [0.1, 0.15) is 69.2 Å². The third kappa shape index (κ3) is 3.69. The maximum absolute atomic E-state index is 4.59. The van der Waals surface area contributed by atoms with Crippen molar-refractivity contribution in [3.8, 4) is 0 Å². The Kier molecular flexibility index (Phi) is 5.14. The van der Waals surface area contributed by atoms with Gasteiger partial charge in [0.25, 0.3) is 0 Å². The predicted octanol–water partition coefficient (Wildman–Crippen LogP) is 3.74. The Morgan fingerprint density at radius 1 is 1.27 bits per heavy atom. The molecular formula is C19H31N3. The van der Waals surface area contributed by atoms with Crippen LogP contribution >= 0.6 is 0 Å². The molecule has 1 spiro atoms. The first-order valence-corrected chi connectivity index (χ1v) is 9.10. The van der Waals surface area contributed by atoms with Crippen molar-refractivity contribution < 1.29 is 0 Å². The summed E-state index contributed by atoms with van der Waals surface area (Å²) in [5, 5.41) is 7.40. The van der Waals surface area contributed by atoms with E-state index in [4.69, 9.17) is 0 Å². The molecule has 0 bridgehead atoms. The molecule has 1 aliphatic heterocycles. The van der Waals surface area contributed by atoms with Crippen LogP contribution in [0.15, 0.2) is 18.3 Å². The molecule has 3 rings (SSSR count). The summed E-state index contributed by atoms with van der Waals surface area (Å²) in [4.78, 5) is 4.59. The monoisotopic (exact) mass is 301 g/mol. The minimum atomic E-state index is 0.409. The molecule has 22 heavy (non-hydrogen) atoms. The molecule has 2 fully saturated rings. The Balaban J connectivity index is 1.57.